The summed E-state index contributed by atoms with van der Waals surface area (Å²) >= 11 is 0. The summed E-state index contributed by atoms with van der Waals surface area (Å²) in [6.45, 7) is 2.77. The molecule has 150 valence electrons. The summed E-state index contributed by atoms with van der Waals surface area (Å²) < 4.78 is 34.7. The highest BCUT2D eigenvalue weighted by molar-refractivity contribution is 7.91. The molecule has 0 radical (unpaired) electrons. The molecule has 0 N–H and O–H groups in total. The van der Waals surface area contributed by atoms with Gasteiger partial charge in [-0.2, -0.15) is 0 Å². The van der Waals surface area contributed by atoms with Crippen LogP contribution in [0.4, 0.5) is 0 Å². The number of benzene rings is 2. The van der Waals surface area contributed by atoms with Crippen molar-refractivity contribution in [3.63, 3.8) is 0 Å². The van der Waals surface area contributed by atoms with Crippen LogP contribution in [0.3, 0.4) is 0 Å². The topological polar surface area (TPSA) is 72.9 Å². The van der Waals surface area contributed by atoms with E-state index < -0.39 is 9.84 Å². The number of carbonyl (C=O) groups is 1. The van der Waals surface area contributed by atoms with Gasteiger partial charge < -0.3 is 14.4 Å². The van der Waals surface area contributed by atoms with Crippen molar-refractivity contribution >= 4 is 15.7 Å². The Labute approximate surface area is 166 Å². The molecule has 1 atom stereocenters. The lowest BCUT2D eigenvalue weighted by Crippen LogP contribution is -2.40. The Morgan fingerprint density at radius 2 is 1.89 bits per heavy atom. The lowest BCUT2D eigenvalue weighted by Gasteiger charge is -2.28. The molecule has 0 saturated carbocycles. The Bertz CT molecular complexity index is 924. The zero-order chi connectivity index (χ0) is 20.1. The van der Waals surface area contributed by atoms with Gasteiger partial charge >= 0.3 is 0 Å². The highest BCUT2D eigenvalue weighted by Crippen LogP contribution is 2.24. The fourth-order valence-electron chi connectivity index (χ4n) is 3.38. The summed E-state index contributed by atoms with van der Waals surface area (Å²) in [5.41, 5.74) is 1.40. The van der Waals surface area contributed by atoms with Gasteiger partial charge in [0.15, 0.2) is 9.84 Å². The van der Waals surface area contributed by atoms with Gasteiger partial charge in [0.1, 0.15) is 11.5 Å². The number of ether oxygens (including phenoxy) is 2. The average molecular weight is 404 g/mol. The molecule has 1 fully saturated rings. The quantitative estimate of drug-likeness (QED) is 0.711. The monoisotopic (exact) mass is 403 g/mol. The van der Waals surface area contributed by atoms with E-state index in [2.05, 4.69) is 0 Å². The number of carbonyl (C=O) groups excluding carboxylic acids is 1. The first-order valence-electron chi connectivity index (χ1n) is 9.29. The maximum atomic E-state index is 13.2. The second-order valence-corrected chi connectivity index (χ2v) is 9.03. The van der Waals surface area contributed by atoms with Crippen molar-refractivity contribution in [2.24, 2.45) is 0 Å². The normalized spacial score (nSPS) is 17.9. The first-order valence-corrected chi connectivity index (χ1v) is 11.1. The van der Waals surface area contributed by atoms with Crippen LogP contribution in [0.2, 0.25) is 0 Å². The molecule has 0 bridgehead atoms. The van der Waals surface area contributed by atoms with E-state index in [-0.39, 0.29) is 23.5 Å². The molecule has 0 aromatic heterocycles. The summed E-state index contributed by atoms with van der Waals surface area (Å²) in [7, 11) is -1.53. The van der Waals surface area contributed by atoms with Crippen LogP contribution >= 0.6 is 0 Å². The number of hydrogen-bond donors (Lipinski definition) is 0. The largest absolute Gasteiger partial charge is 0.497 e. The van der Waals surface area contributed by atoms with Crippen LogP contribution in [-0.4, -0.2) is 50.5 Å². The van der Waals surface area contributed by atoms with Crippen LogP contribution < -0.4 is 9.47 Å². The van der Waals surface area contributed by atoms with Crippen molar-refractivity contribution in [1.29, 1.82) is 0 Å². The number of rotatable bonds is 7. The molecule has 1 aliphatic heterocycles. The highest BCUT2D eigenvalue weighted by Gasteiger charge is 2.35. The van der Waals surface area contributed by atoms with Crippen molar-refractivity contribution in [3.05, 3.63) is 59.7 Å². The average Bonchev–Trinajstić information content (AvgIpc) is 3.06. The summed E-state index contributed by atoms with van der Waals surface area (Å²) in [5.74, 6) is 1.32. The number of nitrogens with zero attached hydrogens (tertiary/aromatic N) is 1. The molecule has 1 heterocycles. The second-order valence-electron chi connectivity index (χ2n) is 6.80. The lowest BCUT2D eigenvalue weighted by molar-refractivity contribution is 0.0680. The number of amides is 1. The molecule has 1 amide bonds. The van der Waals surface area contributed by atoms with E-state index in [4.69, 9.17) is 9.47 Å². The molecule has 7 heteroatoms. The Morgan fingerprint density at radius 1 is 1.14 bits per heavy atom. The molecule has 2 aromatic carbocycles. The number of sulfone groups is 1. The molecule has 0 aliphatic carbocycles. The van der Waals surface area contributed by atoms with Crippen LogP contribution in [0.5, 0.6) is 11.5 Å². The first kappa shape index (κ1) is 20.2. The molecule has 28 heavy (non-hydrogen) atoms. The zero-order valence-corrected chi connectivity index (χ0v) is 16.9. The molecule has 1 saturated heterocycles. The molecule has 1 aliphatic rings. The van der Waals surface area contributed by atoms with Crippen molar-refractivity contribution in [2.45, 2.75) is 25.9 Å². The maximum Gasteiger partial charge on any atom is 0.254 e. The van der Waals surface area contributed by atoms with Crippen LogP contribution in [0.15, 0.2) is 48.5 Å². The van der Waals surface area contributed by atoms with E-state index >= 15 is 0 Å². The minimum atomic E-state index is -3.11. The fraction of sp³-hybridized carbons (Fsp3) is 0.381. The number of methoxy groups -OCH3 is 1. The zero-order valence-electron chi connectivity index (χ0n) is 16.1. The van der Waals surface area contributed by atoms with Gasteiger partial charge in [0, 0.05) is 18.2 Å². The maximum absolute atomic E-state index is 13.2. The molecule has 2 aromatic rings. The Hall–Kier alpha value is -2.54. The van der Waals surface area contributed by atoms with Gasteiger partial charge in [0.25, 0.3) is 5.91 Å². The third-order valence-electron chi connectivity index (χ3n) is 4.81. The predicted octanol–water partition coefficient (Wildman–Crippen LogP) is 2.92. The van der Waals surface area contributed by atoms with Crippen molar-refractivity contribution < 1.29 is 22.7 Å². The highest BCUT2D eigenvalue weighted by atomic mass is 32.2. The van der Waals surface area contributed by atoms with Gasteiger partial charge in [-0.25, -0.2) is 8.42 Å². The molecule has 0 spiro atoms. The molecular formula is C21H25NO5S. The van der Waals surface area contributed by atoms with Crippen molar-refractivity contribution in [2.75, 3.05) is 25.2 Å². The van der Waals surface area contributed by atoms with E-state index in [1.165, 1.54) is 0 Å². The minimum Gasteiger partial charge on any atom is -0.497 e. The van der Waals surface area contributed by atoms with Crippen LogP contribution in [0.1, 0.15) is 29.3 Å². The SMILES string of the molecule is CCOc1ccc(C(=O)N(Cc2cccc(OC)c2)C2CCS(=O)(=O)C2)cc1. The molecule has 1 unspecified atom stereocenters. The van der Waals surface area contributed by atoms with Crippen molar-refractivity contribution in [1.82, 2.24) is 4.90 Å². The standard InChI is InChI=1S/C21H25NO5S/c1-3-27-19-9-7-17(8-10-19)21(23)22(18-11-12-28(24,25)15-18)14-16-5-4-6-20(13-16)26-2/h4-10,13,18H,3,11-12,14-15H2,1-2H3. The first-order chi connectivity index (χ1) is 13.4. The fourth-order valence-corrected chi connectivity index (χ4v) is 5.11. The second kappa shape index (κ2) is 8.65. The van der Waals surface area contributed by atoms with Gasteiger partial charge in [0.2, 0.25) is 0 Å². The molecule has 6 nitrogen and oxygen atoms in total. The van der Waals surface area contributed by atoms with E-state index in [9.17, 15) is 13.2 Å². The van der Waals surface area contributed by atoms with Crippen LogP contribution in [-0.2, 0) is 16.4 Å². The number of hydrogen-bond acceptors (Lipinski definition) is 5. The van der Waals surface area contributed by atoms with E-state index in [1.54, 1.807) is 36.3 Å². The van der Waals surface area contributed by atoms with Crippen LogP contribution in [0.25, 0.3) is 0 Å². The minimum absolute atomic E-state index is 0.000260. The van der Waals surface area contributed by atoms with E-state index in [0.717, 1.165) is 5.56 Å². The summed E-state index contributed by atoms with van der Waals surface area (Å²) in [6, 6.07) is 14.1. The smallest absolute Gasteiger partial charge is 0.254 e. The Morgan fingerprint density at radius 3 is 2.50 bits per heavy atom. The Kier molecular flexibility index (Phi) is 6.24. The van der Waals surface area contributed by atoms with Crippen LogP contribution in [0, 0.1) is 0 Å². The molecular weight excluding hydrogens is 378 g/mol. The van der Waals surface area contributed by atoms with Crippen molar-refractivity contribution in [3.8, 4) is 11.5 Å². The third-order valence-corrected chi connectivity index (χ3v) is 6.56. The Balaban J connectivity index is 1.87. The van der Waals surface area contributed by atoms with Gasteiger partial charge in [-0.05, 0) is 55.3 Å². The van der Waals surface area contributed by atoms with Gasteiger partial charge in [-0.3, -0.25) is 4.79 Å². The summed E-state index contributed by atoms with van der Waals surface area (Å²) in [6.07, 6.45) is 0.453. The lowest BCUT2D eigenvalue weighted by atomic mass is 10.1. The van der Waals surface area contributed by atoms with E-state index in [0.29, 0.717) is 36.6 Å². The summed E-state index contributed by atoms with van der Waals surface area (Å²) in [4.78, 5) is 14.9. The van der Waals surface area contributed by atoms with Gasteiger partial charge in [-0.1, -0.05) is 12.1 Å². The summed E-state index contributed by atoms with van der Waals surface area (Å²) in [5, 5.41) is 0. The van der Waals surface area contributed by atoms with Gasteiger partial charge in [-0.15, -0.1) is 0 Å². The third kappa shape index (κ3) is 4.84. The van der Waals surface area contributed by atoms with Gasteiger partial charge in [0.05, 0.1) is 25.2 Å². The van der Waals surface area contributed by atoms with E-state index in [1.807, 2.05) is 31.2 Å². The predicted molar refractivity (Wildman–Crippen MR) is 108 cm³/mol. The molecule has 3 rings (SSSR count).